The van der Waals surface area contributed by atoms with Crippen LogP contribution >= 0.6 is 0 Å². The Hall–Kier alpha value is -2.52. The number of aliphatic hydroxyl groups excluding tert-OH is 4. The van der Waals surface area contributed by atoms with Crippen LogP contribution < -0.4 is 0 Å². The number of hydrogen-bond donors (Lipinski definition) is 4. The minimum atomic E-state index is -1.09. The van der Waals surface area contributed by atoms with Gasteiger partial charge in [-0.2, -0.15) is 0 Å². The molecule has 0 fully saturated rings. The Morgan fingerprint density at radius 3 is 1.86 bits per heavy atom. The average molecular weight is 621 g/mol. The molecule has 8 nitrogen and oxygen atoms in total. The molecule has 0 unspecified atom stereocenters. The van der Waals surface area contributed by atoms with Gasteiger partial charge in [0.05, 0.1) is 24.9 Å². The zero-order valence-electron chi connectivity index (χ0n) is 27.2. The smallest absolute Gasteiger partial charge is 0.306 e. The first-order valence-electron chi connectivity index (χ1n) is 16.7. The van der Waals surface area contributed by atoms with Gasteiger partial charge in [-0.1, -0.05) is 132 Å². The van der Waals surface area contributed by atoms with Crippen molar-refractivity contribution < 1.29 is 39.5 Å². The fourth-order valence-electron chi connectivity index (χ4n) is 4.25. The first-order valence-corrected chi connectivity index (χ1v) is 16.7. The molecule has 252 valence electrons. The molecule has 0 radical (unpaired) electrons. The number of hydrogen-bond acceptors (Lipinski definition) is 8. The summed E-state index contributed by atoms with van der Waals surface area (Å²) < 4.78 is 10.4. The maximum Gasteiger partial charge on any atom is 0.306 e. The first-order chi connectivity index (χ1) is 21.3. The van der Waals surface area contributed by atoms with E-state index in [2.05, 4.69) is 6.92 Å². The third-order valence-electron chi connectivity index (χ3n) is 6.92. The van der Waals surface area contributed by atoms with Gasteiger partial charge >= 0.3 is 11.9 Å². The number of unbranched alkanes of at least 4 members (excludes halogenated alkanes) is 9. The van der Waals surface area contributed by atoms with E-state index in [0.717, 1.165) is 25.7 Å². The van der Waals surface area contributed by atoms with Crippen LogP contribution in [0.25, 0.3) is 0 Å². The quantitative estimate of drug-likeness (QED) is 0.0334. The molecule has 0 aromatic carbocycles. The van der Waals surface area contributed by atoms with Crippen LogP contribution in [0.5, 0.6) is 0 Å². The molecule has 0 spiro atoms. The zero-order valence-corrected chi connectivity index (χ0v) is 27.2. The largest absolute Gasteiger partial charge is 0.462 e. The topological polar surface area (TPSA) is 134 Å². The summed E-state index contributed by atoms with van der Waals surface area (Å²) in [4.78, 5) is 24.1. The van der Waals surface area contributed by atoms with Crippen molar-refractivity contribution in [2.75, 3.05) is 13.2 Å². The predicted octanol–water partition coefficient (Wildman–Crippen LogP) is 6.58. The van der Waals surface area contributed by atoms with Gasteiger partial charge in [0.25, 0.3) is 0 Å². The fraction of sp³-hybridized carbons (Fsp3) is 0.667. The summed E-state index contributed by atoms with van der Waals surface area (Å²) in [5.74, 6) is -0.932. The second-order valence-electron chi connectivity index (χ2n) is 11.1. The number of ether oxygens (including phenoxy) is 2. The molecule has 0 bridgehead atoms. The second-order valence-corrected chi connectivity index (χ2v) is 11.1. The summed E-state index contributed by atoms with van der Waals surface area (Å²) in [6.07, 6.45) is 28.0. The predicted molar refractivity (Wildman–Crippen MR) is 177 cm³/mol. The molecule has 0 saturated heterocycles. The van der Waals surface area contributed by atoms with E-state index in [1.165, 1.54) is 51.0 Å². The zero-order chi connectivity index (χ0) is 32.7. The number of esters is 2. The summed E-state index contributed by atoms with van der Waals surface area (Å²) in [7, 11) is 0. The lowest BCUT2D eigenvalue weighted by Gasteiger charge is -2.17. The van der Waals surface area contributed by atoms with E-state index in [1.54, 1.807) is 42.5 Å². The average Bonchev–Trinajstić information content (AvgIpc) is 3.01. The van der Waals surface area contributed by atoms with Crippen LogP contribution in [0, 0.1) is 0 Å². The minimum Gasteiger partial charge on any atom is -0.462 e. The van der Waals surface area contributed by atoms with Gasteiger partial charge in [0.2, 0.25) is 0 Å². The third kappa shape index (κ3) is 27.1. The molecule has 0 rings (SSSR count). The minimum absolute atomic E-state index is 0.00164. The number of aliphatic hydroxyl groups is 4. The van der Waals surface area contributed by atoms with Crippen LogP contribution in [0.4, 0.5) is 0 Å². The molecule has 0 aromatic rings. The van der Waals surface area contributed by atoms with Crippen molar-refractivity contribution in [3.8, 4) is 0 Å². The van der Waals surface area contributed by atoms with Crippen molar-refractivity contribution in [1.29, 1.82) is 0 Å². The Kier molecular flexibility index (Phi) is 28.8. The summed E-state index contributed by atoms with van der Waals surface area (Å²) in [6.45, 7) is 3.61. The highest BCUT2D eigenvalue weighted by atomic mass is 16.6. The van der Waals surface area contributed by atoms with E-state index >= 15 is 0 Å². The van der Waals surface area contributed by atoms with E-state index in [-0.39, 0.29) is 31.8 Å². The Morgan fingerprint density at radius 2 is 1.25 bits per heavy atom. The van der Waals surface area contributed by atoms with Crippen molar-refractivity contribution in [3.63, 3.8) is 0 Å². The van der Waals surface area contributed by atoms with Gasteiger partial charge in [0, 0.05) is 12.8 Å². The fourth-order valence-corrected chi connectivity index (χ4v) is 4.25. The SMILES string of the molecule is CC/C=C\C[C@H](O)/C=C/C=C/C=C\C=C/[C@@H](O)[C@H](O)CCCC(=O)O[C@@H](CO)COC(=O)CCCCCCCCCCCC. The number of carbonyl (C=O) groups is 2. The van der Waals surface area contributed by atoms with Gasteiger partial charge in [0.15, 0.2) is 6.10 Å². The van der Waals surface area contributed by atoms with Crippen LogP contribution in [-0.4, -0.2) is 70.0 Å². The maximum atomic E-state index is 12.1. The van der Waals surface area contributed by atoms with Gasteiger partial charge in [-0.05, 0) is 32.1 Å². The molecule has 4 atom stereocenters. The van der Waals surface area contributed by atoms with Gasteiger partial charge in [-0.3, -0.25) is 9.59 Å². The summed E-state index contributed by atoms with van der Waals surface area (Å²) in [6, 6.07) is 0. The number of carbonyl (C=O) groups excluding carboxylic acids is 2. The van der Waals surface area contributed by atoms with E-state index in [1.807, 2.05) is 19.1 Å². The summed E-state index contributed by atoms with van der Waals surface area (Å²) >= 11 is 0. The van der Waals surface area contributed by atoms with Gasteiger partial charge in [0.1, 0.15) is 6.61 Å². The molecule has 0 aliphatic rings. The van der Waals surface area contributed by atoms with Crippen LogP contribution in [0.1, 0.15) is 117 Å². The van der Waals surface area contributed by atoms with E-state index in [4.69, 9.17) is 9.47 Å². The van der Waals surface area contributed by atoms with Gasteiger partial charge in [-0.15, -0.1) is 0 Å². The van der Waals surface area contributed by atoms with Crippen LogP contribution in [-0.2, 0) is 19.1 Å². The molecular formula is C36H60O8. The summed E-state index contributed by atoms with van der Waals surface area (Å²) in [5.41, 5.74) is 0. The van der Waals surface area contributed by atoms with Crippen LogP contribution in [0.15, 0.2) is 60.8 Å². The van der Waals surface area contributed by atoms with Crippen molar-refractivity contribution >= 4 is 11.9 Å². The maximum absolute atomic E-state index is 12.1. The van der Waals surface area contributed by atoms with E-state index < -0.39 is 37.0 Å². The molecule has 0 heterocycles. The number of allylic oxidation sites excluding steroid dienone is 7. The standard InChI is InChI=1S/C36H60O8/c1-3-5-7-8-9-10-11-12-17-21-27-35(41)43-30-32(29-37)44-36(42)28-22-26-34(40)33(39)25-20-16-14-13-15-19-24-31(38)23-18-6-4-2/h6,13-16,18-20,24-25,31-34,37-40H,3-5,7-12,17,21-23,26-30H2,1-2H3/b15-13+,16-14-,18-6-,24-19+,25-20-/t31-,32-,33+,34+/m0/s1. The van der Waals surface area contributed by atoms with Gasteiger partial charge < -0.3 is 29.9 Å². The highest BCUT2D eigenvalue weighted by Gasteiger charge is 2.18. The van der Waals surface area contributed by atoms with Crippen molar-refractivity contribution in [2.45, 2.75) is 141 Å². The monoisotopic (exact) mass is 620 g/mol. The molecule has 4 N–H and O–H groups in total. The van der Waals surface area contributed by atoms with Crippen LogP contribution in [0.3, 0.4) is 0 Å². The molecule has 8 heteroatoms. The Bertz CT molecular complexity index is 845. The Labute approximate surface area is 266 Å². The lowest BCUT2D eigenvalue weighted by Crippen LogP contribution is -2.29. The normalized spacial score (nSPS) is 15.1. The molecule has 0 saturated carbocycles. The lowest BCUT2D eigenvalue weighted by molar-refractivity contribution is -0.161. The molecule has 0 amide bonds. The lowest BCUT2D eigenvalue weighted by atomic mass is 10.1. The van der Waals surface area contributed by atoms with E-state index in [0.29, 0.717) is 12.8 Å². The molecule has 0 aliphatic carbocycles. The number of rotatable bonds is 28. The second kappa shape index (κ2) is 30.5. The highest BCUT2D eigenvalue weighted by Crippen LogP contribution is 2.12. The first kappa shape index (κ1) is 41.5. The summed E-state index contributed by atoms with van der Waals surface area (Å²) in [5, 5.41) is 39.5. The van der Waals surface area contributed by atoms with Crippen molar-refractivity contribution in [3.05, 3.63) is 60.8 Å². The van der Waals surface area contributed by atoms with Crippen LogP contribution in [0.2, 0.25) is 0 Å². The molecule has 0 aliphatic heterocycles. The van der Waals surface area contributed by atoms with Crippen molar-refractivity contribution in [1.82, 2.24) is 0 Å². The molecular weight excluding hydrogens is 560 g/mol. The van der Waals surface area contributed by atoms with E-state index in [9.17, 15) is 30.0 Å². The molecule has 0 aromatic heterocycles. The Morgan fingerprint density at radius 1 is 0.682 bits per heavy atom. The Balaban J connectivity index is 4.04. The third-order valence-corrected chi connectivity index (χ3v) is 6.92. The highest BCUT2D eigenvalue weighted by molar-refractivity contribution is 5.70. The molecule has 44 heavy (non-hydrogen) atoms. The van der Waals surface area contributed by atoms with Gasteiger partial charge in [-0.25, -0.2) is 0 Å². The van der Waals surface area contributed by atoms with Crippen molar-refractivity contribution in [2.24, 2.45) is 0 Å².